The van der Waals surface area contributed by atoms with Crippen molar-refractivity contribution < 1.29 is 19.6 Å². The highest BCUT2D eigenvalue weighted by Crippen LogP contribution is 2.23. The Morgan fingerprint density at radius 1 is 1.43 bits per heavy atom. The van der Waals surface area contributed by atoms with Crippen LogP contribution in [0.3, 0.4) is 0 Å². The highest BCUT2D eigenvalue weighted by molar-refractivity contribution is 5.95. The number of nitro groups is 1. The van der Waals surface area contributed by atoms with Crippen LogP contribution in [0.15, 0.2) is 18.2 Å². The number of carboxylic acid groups (broad SMARTS) is 1. The smallest absolute Gasteiger partial charge is 0.308 e. The molecule has 0 bridgehead atoms. The van der Waals surface area contributed by atoms with Gasteiger partial charge >= 0.3 is 5.97 Å². The molecule has 1 aromatic carbocycles. The zero-order valence-corrected chi connectivity index (χ0v) is 11.6. The summed E-state index contributed by atoms with van der Waals surface area (Å²) in [4.78, 5) is 35.2. The van der Waals surface area contributed by atoms with Gasteiger partial charge < -0.3 is 10.0 Å². The normalized spacial score (nSPS) is 18.3. The van der Waals surface area contributed by atoms with E-state index < -0.39 is 16.8 Å². The van der Waals surface area contributed by atoms with Gasteiger partial charge in [0, 0.05) is 30.3 Å². The van der Waals surface area contributed by atoms with Crippen molar-refractivity contribution in [1.82, 2.24) is 4.90 Å². The van der Waals surface area contributed by atoms with E-state index in [2.05, 4.69) is 0 Å². The first-order valence-corrected chi connectivity index (χ1v) is 6.67. The number of carbonyl (C=O) groups excluding carboxylic acids is 1. The van der Waals surface area contributed by atoms with E-state index in [9.17, 15) is 19.7 Å². The second kappa shape index (κ2) is 5.90. The predicted octanol–water partition coefficient (Wildman–Crippen LogP) is 1.84. The second-order valence-electron chi connectivity index (χ2n) is 5.19. The molecule has 0 spiro atoms. The Morgan fingerprint density at radius 2 is 2.14 bits per heavy atom. The van der Waals surface area contributed by atoms with Gasteiger partial charge in [0.1, 0.15) is 0 Å². The van der Waals surface area contributed by atoms with E-state index in [1.807, 2.05) is 0 Å². The summed E-state index contributed by atoms with van der Waals surface area (Å²) in [7, 11) is 0. The fourth-order valence-electron chi connectivity index (χ4n) is 2.48. The van der Waals surface area contributed by atoms with Crippen molar-refractivity contribution in [2.75, 3.05) is 13.1 Å². The molecule has 7 heteroatoms. The maximum atomic E-state index is 12.4. The molecule has 1 aliphatic rings. The Morgan fingerprint density at radius 3 is 2.76 bits per heavy atom. The Labute approximate surface area is 121 Å². The Hall–Kier alpha value is -2.44. The summed E-state index contributed by atoms with van der Waals surface area (Å²) in [5.41, 5.74) is 0.601. The first-order valence-electron chi connectivity index (χ1n) is 6.67. The molecule has 112 valence electrons. The standard InChI is InChI=1S/C14H16N2O5/c1-9-4-5-10(7-12(9)16(20)21)13(17)15-6-2-3-11(8-15)14(18)19/h4-5,7,11H,2-3,6,8H2,1H3,(H,18,19)/t11-/m0/s1. The number of rotatable bonds is 3. The van der Waals surface area contributed by atoms with Gasteiger partial charge in [-0.15, -0.1) is 0 Å². The molecule has 0 aromatic heterocycles. The number of aryl methyl sites for hydroxylation is 1. The van der Waals surface area contributed by atoms with E-state index in [1.54, 1.807) is 6.92 Å². The SMILES string of the molecule is Cc1ccc(C(=O)N2CCC[C@H](C(=O)O)C2)cc1[N+](=O)[O-]. The summed E-state index contributed by atoms with van der Waals surface area (Å²) >= 11 is 0. The summed E-state index contributed by atoms with van der Waals surface area (Å²) in [5.74, 6) is -1.84. The number of hydrogen-bond donors (Lipinski definition) is 1. The van der Waals surface area contributed by atoms with Crippen LogP contribution in [0.1, 0.15) is 28.8 Å². The molecule has 1 aliphatic heterocycles. The number of nitrogens with zero attached hydrogens (tertiary/aromatic N) is 2. The lowest BCUT2D eigenvalue weighted by atomic mass is 9.97. The number of aliphatic carboxylic acids is 1. The molecule has 1 saturated heterocycles. The fraction of sp³-hybridized carbons (Fsp3) is 0.429. The molecule has 21 heavy (non-hydrogen) atoms. The minimum Gasteiger partial charge on any atom is -0.481 e. The van der Waals surface area contributed by atoms with Gasteiger partial charge in [-0.3, -0.25) is 19.7 Å². The number of hydrogen-bond acceptors (Lipinski definition) is 4. The zero-order valence-electron chi connectivity index (χ0n) is 11.6. The summed E-state index contributed by atoms with van der Waals surface area (Å²) in [5, 5.41) is 20.0. The molecule has 0 aliphatic carbocycles. The zero-order chi connectivity index (χ0) is 15.6. The van der Waals surface area contributed by atoms with Crippen molar-refractivity contribution in [2.45, 2.75) is 19.8 Å². The molecule has 7 nitrogen and oxygen atoms in total. The van der Waals surface area contributed by atoms with Gasteiger partial charge in [0.15, 0.2) is 0 Å². The van der Waals surface area contributed by atoms with Gasteiger partial charge in [-0.2, -0.15) is 0 Å². The number of carboxylic acids is 1. The van der Waals surface area contributed by atoms with Crippen molar-refractivity contribution in [3.05, 3.63) is 39.4 Å². The molecule has 1 heterocycles. The number of piperidine rings is 1. The van der Waals surface area contributed by atoms with Crippen LogP contribution in [-0.2, 0) is 4.79 Å². The van der Waals surface area contributed by atoms with Crippen LogP contribution in [0, 0.1) is 23.0 Å². The highest BCUT2D eigenvalue weighted by Gasteiger charge is 2.29. The number of carbonyl (C=O) groups is 2. The van der Waals surface area contributed by atoms with Crippen molar-refractivity contribution in [3.8, 4) is 0 Å². The lowest BCUT2D eigenvalue weighted by Crippen LogP contribution is -2.42. The van der Waals surface area contributed by atoms with Gasteiger partial charge in [0.25, 0.3) is 11.6 Å². The average Bonchev–Trinajstić information content (AvgIpc) is 2.46. The first kappa shape index (κ1) is 15.0. The van der Waals surface area contributed by atoms with Crippen LogP contribution in [0.25, 0.3) is 0 Å². The molecule has 0 saturated carbocycles. The third-order valence-corrected chi connectivity index (χ3v) is 3.71. The Kier molecular flexibility index (Phi) is 4.21. The first-order chi connectivity index (χ1) is 9.90. The van der Waals surface area contributed by atoms with Crippen LogP contribution in [0.2, 0.25) is 0 Å². The molecular weight excluding hydrogens is 276 g/mol. The van der Waals surface area contributed by atoms with Gasteiger partial charge in [-0.1, -0.05) is 6.07 Å². The number of likely N-dealkylation sites (tertiary alicyclic amines) is 1. The number of amides is 1. The van der Waals surface area contributed by atoms with Gasteiger partial charge in [0.05, 0.1) is 10.8 Å². The molecule has 2 rings (SSSR count). The van der Waals surface area contributed by atoms with Crippen LogP contribution < -0.4 is 0 Å². The van der Waals surface area contributed by atoms with Gasteiger partial charge in [-0.25, -0.2) is 0 Å². The van der Waals surface area contributed by atoms with Crippen molar-refractivity contribution in [2.24, 2.45) is 5.92 Å². The Bertz CT molecular complexity index is 599. The molecule has 0 radical (unpaired) electrons. The van der Waals surface area contributed by atoms with E-state index in [0.29, 0.717) is 24.9 Å². The van der Waals surface area contributed by atoms with E-state index in [4.69, 9.17) is 5.11 Å². The molecule has 1 aromatic rings. The van der Waals surface area contributed by atoms with Crippen LogP contribution in [0.5, 0.6) is 0 Å². The molecular formula is C14H16N2O5. The van der Waals surface area contributed by atoms with E-state index in [0.717, 1.165) is 0 Å². The molecule has 1 N–H and O–H groups in total. The maximum absolute atomic E-state index is 12.4. The Balaban J connectivity index is 2.22. The van der Waals surface area contributed by atoms with E-state index >= 15 is 0 Å². The summed E-state index contributed by atoms with van der Waals surface area (Å²) in [6, 6.07) is 4.32. The number of nitro benzene ring substituents is 1. The quantitative estimate of drug-likeness (QED) is 0.676. The largest absolute Gasteiger partial charge is 0.481 e. The molecule has 1 amide bonds. The number of benzene rings is 1. The van der Waals surface area contributed by atoms with E-state index in [-0.39, 0.29) is 23.7 Å². The third-order valence-electron chi connectivity index (χ3n) is 3.71. The minimum absolute atomic E-state index is 0.104. The van der Waals surface area contributed by atoms with Crippen molar-refractivity contribution in [3.63, 3.8) is 0 Å². The topological polar surface area (TPSA) is 101 Å². The fourth-order valence-corrected chi connectivity index (χ4v) is 2.48. The predicted molar refractivity (Wildman–Crippen MR) is 74.1 cm³/mol. The molecule has 1 fully saturated rings. The second-order valence-corrected chi connectivity index (χ2v) is 5.19. The van der Waals surface area contributed by atoms with Crippen LogP contribution >= 0.6 is 0 Å². The minimum atomic E-state index is -0.914. The van der Waals surface area contributed by atoms with Gasteiger partial charge in [-0.05, 0) is 25.8 Å². The van der Waals surface area contributed by atoms with Crippen molar-refractivity contribution >= 4 is 17.6 Å². The summed E-state index contributed by atoms with van der Waals surface area (Å²) in [6.07, 6.45) is 1.17. The van der Waals surface area contributed by atoms with E-state index in [1.165, 1.54) is 23.1 Å². The lowest BCUT2D eigenvalue weighted by molar-refractivity contribution is -0.385. The molecule has 0 unspecified atom stereocenters. The summed E-state index contributed by atoms with van der Waals surface area (Å²) < 4.78 is 0. The maximum Gasteiger partial charge on any atom is 0.308 e. The lowest BCUT2D eigenvalue weighted by Gasteiger charge is -2.30. The third kappa shape index (κ3) is 3.18. The van der Waals surface area contributed by atoms with Crippen LogP contribution in [-0.4, -0.2) is 39.9 Å². The highest BCUT2D eigenvalue weighted by atomic mass is 16.6. The van der Waals surface area contributed by atoms with Crippen LogP contribution in [0.4, 0.5) is 5.69 Å². The average molecular weight is 292 g/mol. The van der Waals surface area contributed by atoms with Crippen molar-refractivity contribution in [1.29, 1.82) is 0 Å². The monoisotopic (exact) mass is 292 g/mol. The summed E-state index contributed by atoms with van der Waals surface area (Å²) in [6.45, 7) is 2.23. The van der Waals surface area contributed by atoms with Gasteiger partial charge in [0.2, 0.25) is 0 Å². The molecule has 1 atom stereocenters.